The van der Waals surface area contributed by atoms with Crippen molar-refractivity contribution in [3.8, 4) is 0 Å². The van der Waals surface area contributed by atoms with Gasteiger partial charge in [0.15, 0.2) is 0 Å². The highest BCUT2D eigenvalue weighted by Crippen LogP contribution is 2.22. The van der Waals surface area contributed by atoms with Gasteiger partial charge >= 0.3 is 0 Å². The fraction of sp³-hybridized carbons (Fsp3) is 0.471. The molecule has 0 aromatic heterocycles. The molecule has 0 radical (unpaired) electrons. The lowest BCUT2D eigenvalue weighted by atomic mass is 9.87. The zero-order valence-electron chi connectivity index (χ0n) is 12.7. The fourth-order valence-electron chi connectivity index (χ4n) is 1.63. The highest BCUT2D eigenvalue weighted by molar-refractivity contribution is 5.91. The normalized spacial score (nSPS) is 12.1. The third-order valence-corrected chi connectivity index (χ3v) is 2.89. The minimum absolute atomic E-state index is 0.0337. The summed E-state index contributed by atoms with van der Waals surface area (Å²) in [7, 11) is 0. The second-order valence-electron chi connectivity index (χ2n) is 6.34. The molecule has 2 heteroatoms. The molecule has 1 N–H and O–H groups in total. The molecule has 0 aliphatic rings. The zero-order valence-corrected chi connectivity index (χ0v) is 12.7. The second kappa shape index (κ2) is 6.55. The molecule has 1 rings (SSSR count). The second-order valence-corrected chi connectivity index (χ2v) is 6.34. The van der Waals surface area contributed by atoms with Gasteiger partial charge in [-0.3, -0.25) is 4.79 Å². The quantitative estimate of drug-likeness (QED) is 0.819. The van der Waals surface area contributed by atoms with E-state index in [-0.39, 0.29) is 11.3 Å². The molecule has 0 fully saturated rings. The number of benzene rings is 1. The maximum absolute atomic E-state index is 11.5. The lowest BCUT2D eigenvalue weighted by Gasteiger charge is -2.18. The molecule has 2 nitrogen and oxygen atoms in total. The molecule has 1 amide bonds. The molecule has 0 aliphatic heterocycles. The SMILES string of the molecule is CC(C)CNC(=O)C=Cc1ccc(C(C)(C)C)cc1. The van der Waals surface area contributed by atoms with Gasteiger partial charge < -0.3 is 5.32 Å². The molecule has 0 heterocycles. The Kier molecular flexibility index (Phi) is 5.34. The van der Waals surface area contributed by atoms with Crippen LogP contribution in [0.25, 0.3) is 6.08 Å². The van der Waals surface area contributed by atoms with E-state index in [2.05, 4.69) is 52.1 Å². The monoisotopic (exact) mass is 259 g/mol. The molecule has 1 aromatic carbocycles. The minimum atomic E-state index is -0.0337. The van der Waals surface area contributed by atoms with Crippen LogP contribution in [0.1, 0.15) is 45.7 Å². The van der Waals surface area contributed by atoms with E-state index in [4.69, 9.17) is 0 Å². The van der Waals surface area contributed by atoms with E-state index in [1.807, 2.05) is 18.2 Å². The third kappa shape index (κ3) is 5.73. The first-order chi connectivity index (χ1) is 8.79. The molecule has 19 heavy (non-hydrogen) atoms. The average molecular weight is 259 g/mol. The van der Waals surface area contributed by atoms with Crippen LogP contribution in [-0.4, -0.2) is 12.5 Å². The summed E-state index contributed by atoms with van der Waals surface area (Å²) in [5.74, 6) is 0.442. The van der Waals surface area contributed by atoms with Crippen LogP contribution in [0.4, 0.5) is 0 Å². The van der Waals surface area contributed by atoms with Crippen molar-refractivity contribution >= 4 is 12.0 Å². The Morgan fingerprint density at radius 1 is 1.21 bits per heavy atom. The number of nitrogens with one attached hydrogen (secondary N) is 1. The molecule has 0 atom stereocenters. The van der Waals surface area contributed by atoms with E-state index in [1.165, 1.54) is 5.56 Å². The zero-order chi connectivity index (χ0) is 14.5. The number of hydrogen-bond donors (Lipinski definition) is 1. The predicted molar refractivity (Wildman–Crippen MR) is 82.0 cm³/mol. The lowest BCUT2D eigenvalue weighted by molar-refractivity contribution is -0.116. The largest absolute Gasteiger partial charge is 0.352 e. The summed E-state index contributed by atoms with van der Waals surface area (Å²) in [4.78, 5) is 11.5. The first-order valence-electron chi connectivity index (χ1n) is 6.85. The van der Waals surface area contributed by atoms with Gasteiger partial charge in [-0.2, -0.15) is 0 Å². The van der Waals surface area contributed by atoms with E-state index >= 15 is 0 Å². The average Bonchev–Trinajstić information content (AvgIpc) is 2.33. The molecule has 1 aromatic rings. The minimum Gasteiger partial charge on any atom is -0.352 e. The molecule has 104 valence electrons. The van der Waals surface area contributed by atoms with Crippen LogP contribution < -0.4 is 5.32 Å². The van der Waals surface area contributed by atoms with Gasteiger partial charge in [-0.1, -0.05) is 58.9 Å². The smallest absolute Gasteiger partial charge is 0.244 e. The first-order valence-corrected chi connectivity index (χ1v) is 6.85. The summed E-state index contributed by atoms with van der Waals surface area (Å²) >= 11 is 0. The molecular weight excluding hydrogens is 234 g/mol. The Morgan fingerprint density at radius 2 is 1.79 bits per heavy atom. The van der Waals surface area contributed by atoms with Crippen molar-refractivity contribution < 1.29 is 4.79 Å². The lowest BCUT2D eigenvalue weighted by Crippen LogP contribution is -2.25. The third-order valence-electron chi connectivity index (χ3n) is 2.89. The van der Waals surface area contributed by atoms with Crippen molar-refractivity contribution in [1.29, 1.82) is 0 Å². The van der Waals surface area contributed by atoms with Crippen LogP contribution in [0.15, 0.2) is 30.3 Å². The molecule has 0 bridgehead atoms. The molecule has 0 saturated heterocycles. The summed E-state index contributed by atoms with van der Waals surface area (Å²) in [6.45, 7) is 11.4. The first kappa shape index (κ1) is 15.5. The van der Waals surface area contributed by atoms with Crippen LogP contribution in [0, 0.1) is 5.92 Å². The van der Waals surface area contributed by atoms with Gasteiger partial charge in [0.2, 0.25) is 5.91 Å². The van der Waals surface area contributed by atoms with Crippen molar-refractivity contribution in [3.63, 3.8) is 0 Å². The maximum atomic E-state index is 11.5. The van der Waals surface area contributed by atoms with Crippen LogP contribution in [0.5, 0.6) is 0 Å². The van der Waals surface area contributed by atoms with Gasteiger partial charge in [0.1, 0.15) is 0 Å². The summed E-state index contributed by atoms with van der Waals surface area (Å²) in [6, 6.07) is 8.33. The van der Waals surface area contributed by atoms with Crippen LogP contribution in [-0.2, 0) is 10.2 Å². The van der Waals surface area contributed by atoms with Crippen molar-refractivity contribution in [2.24, 2.45) is 5.92 Å². The number of hydrogen-bond acceptors (Lipinski definition) is 1. The van der Waals surface area contributed by atoms with Crippen molar-refractivity contribution in [3.05, 3.63) is 41.5 Å². The number of amides is 1. The van der Waals surface area contributed by atoms with Crippen LogP contribution in [0.3, 0.4) is 0 Å². The highest BCUT2D eigenvalue weighted by Gasteiger charge is 2.12. The van der Waals surface area contributed by atoms with Gasteiger partial charge in [-0.05, 0) is 28.5 Å². The fourth-order valence-corrected chi connectivity index (χ4v) is 1.63. The molecule has 0 aliphatic carbocycles. The molecule has 0 spiro atoms. The number of rotatable bonds is 4. The van der Waals surface area contributed by atoms with E-state index in [1.54, 1.807) is 6.08 Å². The Labute approximate surface area is 116 Å². The van der Waals surface area contributed by atoms with Crippen LogP contribution in [0.2, 0.25) is 0 Å². The topological polar surface area (TPSA) is 29.1 Å². The van der Waals surface area contributed by atoms with Crippen molar-refractivity contribution in [2.75, 3.05) is 6.54 Å². The van der Waals surface area contributed by atoms with Gasteiger partial charge in [-0.15, -0.1) is 0 Å². The van der Waals surface area contributed by atoms with E-state index < -0.39 is 0 Å². The Morgan fingerprint density at radius 3 is 2.26 bits per heavy atom. The maximum Gasteiger partial charge on any atom is 0.244 e. The van der Waals surface area contributed by atoms with Gasteiger partial charge in [0.05, 0.1) is 0 Å². The molecule has 0 unspecified atom stereocenters. The summed E-state index contributed by atoms with van der Waals surface area (Å²) < 4.78 is 0. The Bertz CT molecular complexity index is 435. The number of carbonyl (C=O) groups is 1. The van der Waals surface area contributed by atoms with Gasteiger partial charge in [0, 0.05) is 12.6 Å². The number of carbonyl (C=O) groups excluding carboxylic acids is 1. The Hall–Kier alpha value is -1.57. The molecule has 0 saturated carbocycles. The standard InChI is InChI=1S/C17H25NO/c1-13(2)12-18-16(19)11-8-14-6-9-15(10-7-14)17(3,4)5/h6-11,13H,12H2,1-5H3,(H,18,19). The van der Waals surface area contributed by atoms with E-state index in [0.29, 0.717) is 12.5 Å². The molecular formula is C17H25NO. The van der Waals surface area contributed by atoms with Gasteiger partial charge in [0.25, 0.3) is 0 Å². The van der Waals surface area contributed by atoms with Crippen molar-refractivity contribution in [2.45, 2.75) is 40.0 Å². The van der Waals surface area contributed by atoms with E-state index in [0.717, 1.165) is 5.56 Å². The van der Waals surface area contributed by atoms with Crippen molar-refractivity contribution in [1.82, 2.24) is 5.32 Å². The summed E-state index contributed by atoms with van der Waals surface area (Å²) in [5, 5.41) is 2.86. The highest BCUT2D eigenvalue weighted by atomic mass is 16.1. The summed E-state index contributed by atoms with van der Waals surface area (Å²) in [5.41, 5.74) is 2.51. The van der Waals surface area contributed by atoms with E-state index in [9.17, 15) is 4.79 Å². The van der Waals surface area contributed by atoms with Gasteiger partial charge in [-0.25, -0.2) is 0 Å². The summed E-state index contributed by atoms with van der Waals surface area (Å²) in [6.07, 6.45) is 3.44. The Balaban J connectivity index is 2.60. The van der Waals surface area contributed by atoms with Crippen LogP contribution >= 0.6 is 0 Å². The predicted octanol–water partition coefficient (Wildman–Crippen LogP) is 3.77.